The molecule has 7 nitrogen and oxygen atoms in total. The average Bonchev–Trinajstić information content (AvgIpc) is 3.10. The van der Waals surface area contributed by atoms with Gasteiger partial charge in [0, 0.05) is 55.5 Å². The van der Waals surface area contributed by atoms with Gasteiger partial charge in [-0.1, -0.05) is 12.8 Å². The van der Waals surface area contributed by atoms with Crippen LogP contribution in [0.15, 0.2) is 36.9 Å². The molecule has 1 N–H and O–H groups in total. The molecule has 3 aromatic rings. The highest BCUT2D eigenvalue weighted by atomic mass is 16.2. The van der Waals surface area contributed by atoms with E-state index in [2.05, 4.69) is 31.1 Å². The average molecular weight is 390 g/mol. The summed E-state index contributed by atoms with van der Waals surface area (Å²) in [6.45, 7) is 0.904. The summed E-state index contributed by atoms with van der Waals surface area (Å²) in [4.78, 5) is 22.0. The van der Waals surface area contributed by atoms with Crippen molar-refractivity contribution in [1.29, 1.82) is 0 Å². The Bertz CT molecular complexity index is 1010. The highest BCUT2D eigenvalue weighted by molar-refractivity contribution is 5.94. The summed E-state index contributed by atoms with van der Waals surface area (Å²) in [6.07, 6.45) is 14.6. The van der Waals surface area contributed by atoms with Gasteiger partial charge in [-0.3, -0.25) is 9.48 Å². The van der Waals surface area contributed by atoms with E-state index in [0.717, 1.165) is 41.9 Å². The predicted octanol–water partition coefficient (Wildman–Crippen LogP) is 3.43. The SMILES string of the molecule is Cn1nccc1-c1ncc(-c2cc(C(=O)NC3CCCC3)n(CC3CC3)c2)cn1. The highest BCUT2D eigenvalue weighted by Gasteiger charge is 2.26. The molecule has 0 bridgehead atoms. The van der Waals surface area contributed by atoms with Gasteiger partial charge in [0.1, 0.15) is 11.4 Å². The number of nitrogens with one attached hydrogen (secondary N) is 1. The molecule has 150 valence electrons. The van der Waals surface area contributed by atoms with E-state index in [1.54, 1.807) is 10.9 Å². The molecule has 0 saturated heterocycles. The van der Waals surface area contributed by atoms with Gasteiger partial charge in [0.15, 0.2) is 5.82 Å². The Labute approximate surface area is 170 Å². The van der Waals surface area contributed by atoms with E-state index in [9.17, 15) is 4.79 Å². The quantitative estimate of drug-likeness (QED) is 0.699. The number of hydrogen-bond acceptors (Lipinski definition) is 4. The van der Waals surface area contributed by atoms with Crippen LogP contribution in [0.3, 0.4) is 0 Å². The van der Waals surface area contributed by atoms with Crippen molar-refractivity contribution in [3.8, 4) is 22.6 Å². The van der Waals surface area contributed by atoms with Crippen molar-refractivity contribution >= 4 is 5.91 Å². The van der Waals surface area contributed by atoms with Crippen LogP contribution < -0.4 is 5.32 Å². The second kappa shape index (κ2) is 7.46. The minimum Gasteiger partial charge on any atom is -0.348 e. The highest BCUT2D eigenvalue weighted by Crippen LogP contribution is 2.33. The number of aromatic nitrogens is 5. The maximum atomic E-state index is 12.9. The van der Waals surface area contributed by atoms with Crippen molar-refractivity contribution in [2.45, 2.75) is 51.1 Å². The molecule has 0 radical (unpaired) electrons. The molecule has 2 fully saturated rings. The van der Waals surface area contributed by atoms with Crippen molar-refractivity contribution in [3.63, 3.8) is 0 Å². The molecule has 2 aliphatic rings. The number of amides is 1. The van der Waals surface area contributed by atoms with Crippen LogP contribution in [0.2, 0.25) is 0 Å². The summed E-state index contributed by atoms with van der Waals surface area (Å²) < 4.78 is 3.87. The van der Waals surface area contributed by atoms with Crippen LogP contribution in [0.25, 0.3) is 22.6 Å². The monoisotopic (exact) mass is 390 g/mol. The topological polar surface area (TPSA) is 77.6 Å². The van der Waals surface area contributed by atoms with E-state index < -0.39 is 0 Å². The number of carbonyl (C=O) groups is 1. The van der Waals surface area contributed by atoms with E-state index in [-0.39, 0.29) is 5.91 Å². The maximum Gasteiger partial charge on any atom is 0.268 e. The maximum absolute atomic E-state index is 12.9. The molecule has 0 aromatic carbocycles. The van der Waals surface area contributed by atoms with Crippen molar-refractivity contribution in [3.05, 3.63) is 42.6 Å². The lowest BCUT2D eigenvalue weighted by Gasteiger charge is -2.13. The Morgan fingerprint density at radius 3 is 2.55 bits per heavy atom. The lowest BCUT2D eigenvalue weighted by atomic mass is 10.1. The summed E-state index contributed by atoms with van der Waals surface area (Å²) in [5.41, 5.74) is 3.52. The van der Waals surface area contributed by atoms with Crippen LogP contribution in [-0.4, -0.2) is 36.3 Å². The van der Waals surface area contributed by atoms with Crippen molar-refractivity contribution < 1.29 is 4.79 Å². The first-order valence-corrected chi connectivity index (χ1v) is 10.5. The molecule has 0 unspecified atom stereocenters. The third-order valence-electron chi connectivity index (χ3n) is 6.01. The molecule has 5 rings (SSSR count). The van der Waals surface area contributed by atoms with Gasteiger partial charge in [-0.2, -0.15) is 5.10 Å². The Balaban J connectivity index is 1.41. The van der Waals surface area contributed by atoms with E-state index in [0.29, 0.717) is 17.8 Å². The number of hydrogen-bond donors (Lipinski definition) is 1. The van der Waals surface area contributed by atoms with Crippen LogP contribution in [0.1, 0.15) is 49.0 Å². The van der Waals surface area contributed by atoms with Crippen molar-refractivity contribution in [2.75, 3.05) is 0 Å². The van der Waals surface area contributed by atoms with Gasteiger partial charge < -0.3 is 9.88 Å². The molecule has 7 heteroatoms. The van der Waals surface area contributed by atoms with Gasteiger partial charge in [0.25, 0.3) is 5.91 Å². The Kier molecular flexibility index (Phi) is 4.66. The fourth-order valence-corrected chi connectivity index (χ4v) is 4.12. The van der Waals surface area contributed by atoms with Gasteiger partial charge in [0.05, 0.1) is 0 Å². The zero-order chi connectivity index (χ0) is 19.8. The first kappa shape index (κ1) is 18.1. The van der Waals surface area contributed by atoms with Gasteiger partial charge >= 0.3 is 0 Å². The van der Waals surface area contributed by atoms with Crippen LogP contribution in [0.5, 0.6) is 0 Å². The first-order valence-electron chi connectivity index (χ1n) is 10.5. The second-order valence-electron chi connectivity index (χ2n) is 8.30. The summed E-state index contributed by atoms with van der Waals surface area (Å²) >= 11 is 0. The summed E-state index contributed by atoms with van der Waals surface area (Å²) in [5.74, 6) is 1.37. The van der Waals surface area contributed by atoms with Crippen molar-refractivity contribution in [2.24, 2.45) is 13.0 Å². The van der Waals surface area contributed by atoms with Gasteiger partial charge in [-0.15, -0.1) is 0 Å². The van der Waals surface area contributed by atoms with E-state index >= 15 is 0 Å². The molecule has 29 heavy (non-hydrogen) atoms. The van der Waals surface area contributed by atoms with E-state index in [1.165, 1.54) is 25.7 Å². The normalized spacial score (nSPS) is 17.0. The summed E-state index contributed by atoms with van der Waals surface area (Å²) in [7, 11) is 1.87. The molecular formula is C22H26N6O. The Hall–Kier alpha value is -2.96. The van der Waals surface area contributed by atoms with Gasteiger partial charge in [-0.05, 0) is 43.7 Å². The Morgan fingerprint density at radius 2 is 1.90 bits per heavy atom. The first-order chi connectivity index (χ1) is 14.2. The molecule has 3 heterocycles. The Morgan fingerprint density at radius 1 is 1.14 bits per heavy atom. The number of aryl methyl sites for hydroxylation is 1. The largest absolute Gasteiger partial charge is 0.348 e. The van der Waals surface area contributed by atoms with E-state index in [4.69, 9.17) is 0 Å². The predicted molar refractivity (Wildman–Crippen MR) is 110 cm³/mol. The second-order valence-corrected chi connectivity index (χ2v) is 8.30. The van der Waals surface area contributed by atoms with Crippen LogP contribution in [-0.2, 0) is 13.6 Å². The summed E-state index contributed by atoms with van der Waals surface area (Å²) in [6, 6.07) is 4.19. The summed E-state index contributed by atoms with van der Waals surface area (Å²) in [5, 5.41) is 7.40. The minimum atomic E-state index is 0.0382. The standard InChI is InChI=1S/C22H26N6O/c1-27-19(8-9-25-27)21-23-11-17(12-24-21)16-10-20(28(14-16)13-15-6-7-15)22(29)26-18-4-2-3-5-18/h8-12,14-15,18H,2-7,13H2,1H3,(H,26,29). The fourth-order valence-electron chi connectivity index (χ4n) is 4.12. The number of nitrogens with zero attached hydrogens (tertiary/aromatic N) is 5. The van der Waals surface area contributed by atoms with Gasteiger partial charge in [0.2, 0.25) is 0 Å². The third kappa shape index (κ3) is 3.81. The molecule has 2 aliphatic carbocycles. The van der Waals surface area contributed by atoms with Crippen LogP contribution in [0, 0.1) is 5.92 Å². The van der Waals surface area contributed by atoms with Crippen LogP contribution in [0.4, 0.5) is 0 Å². The number of carbonyl (C=O) groups excluding carboxylic acids is 1. The molecular weight excluding hydrogens is 364 g/mol. The zero-order valence-electron chi connectivity index (χ0n) is 16.7. The third-order valence-corrected chi connectivity index (χ3v) is 6.01. The number of rotatable bonds is 6. The van der Waals surface area contributed by atoms with Crippen molar-refractivity contribution in [1.82, 2.24) is 29.6 Å². The van der Waals surface area contributed by atoms with E-state index in [1.807, 2.05) is 31.6 Å². The molecule has 0 atom stereocenters. The lowest BCUT2D eigenvalue weighted by Crippen LogP contribution is -2.34. The minimum absolute atomic E-state index is 0.0382. The molecule has 2 saturated carbocycles. The molecule has 1 amide bonds. The fraction of sp³-hybridized carbons (Fsp3) is 0.455. The van der Waals surface area contributed by atoms with Crippen LogP contribution >= 0.6 is 0 Å². The molecule has 3 aromatic heterocycles. The van der Waals surface area contributed by atoms with Gasteiger partial charge in [-0.25, -0.2) is 9.97 Å². The lowest BCUT2D eigenvalue weighted by molar-refractivity contribution is 0.0928. The molecule has 0 aliphatic heterocycles. The zero-order valence-corrected chi connectivity index (χ0v) is 16.7. The molecule has 0 spiro atoms. The smallest absolute Gasteiger partial charge is 0.268 e.